The highest BCUT2D eigenvalue weighted by Gasteiger charge is 2.35. The molecule has 1 aromatic carbocycles. The smallest absolute Gasteiger partial charge is 0.227 e. The number of anilines is 1. The number of benzene rings is 1. The van der Waals surface area contributed by atoms with Crippen molar-refractivity contribution in [1.82, 2.24) is 15.1 Å². The standard InChI is InChI=1S/C20H26N4O2/c1-13(2)15-5-7-17(8-6-15)24-12-16(10-19(24)25)20(26)21-11-18-9-14(3)22-23(18)4/h5-9,13,16H,10-12H2,1-4H3,(H,21,26)/t16-/m0/s1. The predicted molar refractivity (Wildman–Crippen MR) is 101 cm³/mol. The molecule has 1 saturated heterocycles. The van der Waals surface area contributed by atoms with Crippen molar-refractivity contribution in [2.45, 2.75) is 39.7 Å². The lowest BCUT2D eigenvalue weighted by Gasteiger charge is -2.17. The van der Waals surface area contributed by atoms with E-state index in [4.69, 9.17) is 0 Å². The predicted octanol–water partition coefficient (Wildman–Crippen LogP) is 2.52. The molecule has 138 valence electrons. The van der Waals surface area contributed by atoms with Gasteiger partial charge in [-0.25, -0.2) is 0 Å². The van der Waals surface area contributed by atoms with Crippen LogP contribution in [0, 0.1) is 12.8 Å². The second-order valence-corrected chi connectivity index (χ2v) is 7.27. The van der Waals surface area contributed by atoms with Gasteiger partial charge in [0.2, 0.25) is 11.8 Å². The zero-order valence-electron chi connectivity index (χ0n) is 15.8. The van der Waals surface area contributed by atoms with E-state index in [1.165, 1.54) is 5.56 Å². The lowest BCUT2D eigenvalue weighted by atomic mass is 10.0. The minimum atomic E-state index is -0.318. The number of amides is 2. The Bertz CT molecular complexity index is 808. The molecule has 1 aliphatic rings. The average Bonchev–Trinajstić information content (AvgIpc) is 3.14. The van der Waals surface area contributed by atoms with Gasteiger partial charge in [-0.05, 0) is 36.6 Å². The summed E-state index contributed by atoms with van der Waals surface area (Å²) < 4.78 is 1.76. The molecule has 0 saturated carbocycles. The Balaban J connectivity index is 1.61. The van der Waals surface area contributed by atoms with Gasteiger partial charge in [-0.3, -0.25) is 14.3 Å². The van der Waals surface area contributed by atoms with E-state index in [9.17, 15) is 9.59 Å². The number of nitrogens with zero attached hydrogens (tertiary/aromatic N) is 3. The van der Waals surface area contributed by atoms with Crippen molar-refractivity contribution in [2.24, 2.45) is 13.0 Å². The molecule has 6 nitrogen and oxygen atoms in total. The number of aryl methyl sites for hydroxylation is 2. The summed E-state index contributed by atoms with van der Waals surface area (Å²) in [6, 6.07) is 9.97. The van der Waals surface area contributed by atoms with Gasteiger partial charge in [-0.15, -0.1) is 0 Å². The topological polar surface area (TPSA) is 67.2 Å². The van der Waals surface area contributed by atoms with Gasteiger partial charge >= 0.3 is 0 Å². The molecular weight excluding hydrogens is 328 g/mol. The largest absolute Gasteiger partial charge is 0.350 e. The van der Waals surface area contributed by atoms with Gasteiger partial charge in [0.1, 0.15) is 0 Å². The summed E-state index contributed by atoms with van der Waals surface area (Å²) in [5.74, 6) is 0.0476. The average molecular weight is 354 g/mol. The van der Waals surface area contributed by atoms with E-state index in [0.717, 1.165) is 17.1 Å². The Hall–Kier alpha value is -2.63. The van der Waals surface area contributed by atoms with E-state index in [1.54, 1.807) is 9.58 Å². The summed E-state index contributed by atoms with van der Waals surface area (Å²) >= 11 is 0. The Kier molecular flexibility index (Phi) is 5.11. The number of hydrogen-bond acceptors (Lipinski definition) is 3. The van der Waals surface area contributed by atoms with Gasteiger partial charge in [0.15, 0.2) is 0 Å². The molecule has 1 fully saturated rings. The van der Waals surface area contributed by atoms with Gasteiger partial charge in [0, 0.05) is 25.7 Å². The minimum absolute atomic E-state index is 0.00109. The quantitative estimate of drug-likeness (QED) is 0.897. The van der Waals surface area contributed by atoms with Crippen LogP contribution in [0.5, 0.6) is 0 Å². The first kappa shape index (κ1) is 18.2. The Morgan fingerprint density at radius 3 is 2.58 bits per heavy atom. The number of nitrogens with one attached hydrogen (secondary N) is 1. The molecule has 2 aromatic rings. The fourth-order valence-electron chi connectivity index (χ4n) is 3.32. The molecule has 0 spiro atoms. The van der Waals surface area contributed by atoms with Crippen LogP contribution in [0.25, 0.3) is 0 Å². The second-order valence-electron chi connectivity index (χ2n) is 7.27. The van der Waals surface area contributed by atoms with Crippen LogP contribution in [0.4, 0.5) is 5.69 Å². The molecule has 3 rings (SSSR count). The highest BCUT2D eigenvalue weighted by atomic mass is 16.2. The molecule has 2 heterocycles. The van der Waals surface area contributed by atoms with E-state index in [1.807, 2.05) is 44.3 Å². The molecule has 0 radical (unpaired) electrons. The zero-order valence-corrected chi connectivity index (χ0v) is 15.8. The third-order valence-electron chi connectivity index (χ3n) is 4.91. The van der Waals surface area contributed by atoms with Crippen LogP contribution < -0.4 is 10.2 Å². The molecule has 1 atom stereocenters. The fraction of sp³-hybridized carbons (Fsp3) is 0.450. The van der Waals surface area contributed by atoms with Crippen LogP contribution in [-0.2, 0) is 23.2 Å². The molecule has 26 heavy (non-hydrogen) atoms. The van der Waals surface area contributed by atoms with Crippen molar-refractivity contribution in [3.8, 4) is 0 Å². The third-order valence-corrected chi connectivity index (χ3v) is 4.91. The number of carbonyl (C=O) groups is 2. The SMILES string of the molecule is Cc1cc(CNC(=O)[C@H]2CC(=O)N(c3ccc(C(C)C)cc3)C2)n(C)n1. The maximum atomic E-state index is 12.5. The minimum Gasteiger partial charge on any atom is -0.350 e. The highest BCUT2D eigenvalue weighted by molar-refractivity contribution is 6.00. The molecule has 0 aliphatic carbocycles. The lowest BCUT2D eigenvalue weighted by molar-refractivity contribution is -0.126. The molecule has 0 bridgehead atoms. The van der Waals surface area contributed by atoms with E-state index >= 15 is 0 Å². The maximum Gasteiger partial charge on any atom is 0.227 e. The Morgan fingerprint density at radius 1 is 1.31 bits per heavy atom. The van der Waals surface area contributed by atoms with Crippen LogP contribution >= 0.6 is 0 Å². The van der Waals surface area contributed by atoms with E-state index in [-0.39, 0.29) is 24.2 Å². The first-order chi connectivity index (χ1) is 12.3. The van der Waals surface area contributed by atoms with Gasteiger partial charge < -0.3 is 10.2 Å². The van der Waals surface area contributed by atoms with Crippen molar-refractivity contribution >= 4 is 17.5 Å². The molecule has 1 aromatic heterocycles. The summed E-state index contributed by atoms with van der Waals surface area (Å²) in [5.41, 5.74) is 3.96. The lowest BCUT2D eigenvalue weighted by Crippen LogP contribution is -2.33. The maximum absolute atomic E-state index is 12.5. The number of carbonyl (C=O) groups excluding carboxylic acids is 2. The Labute approximate surface area is 154 Å². The van der Waals surface area contributed by atoms with Crippen molar-refractivity contribution in [1.29, 1.82) is 0 Å². The summed E-state index contributed by atoms with van der Waals surface area (Å²) in [6.45, 7) is 7.05. The molecule has 1 aliphatic heterocycles. The Morgan fingerprint density at radius 2 is 2.00 bits per heavy atom. The van der Waals surface area contributed by atoms with Crippen LogP contribution in [-0.4, -0.2) is 28.1 Å². The van der Waals surface area contributed by atoms with Crippen molar-refractivity contribution < 1.29 is 9.59 Å². The van der Waals surface area contributed by atoms with Crippen molar-refractivity contribution in [3.63, 3.8) is 0 Å². The monoisotopic (exact) mass is 354 g/mol. The zero-order chi connectivity index (χ0) is 18.8. The van der Waals surface area contributed by atoms with Crippen molar-refractivity contribution in [3.05, 3.63) is 47.3 Å². The summed E-state index contributed by atoms with van der Waals surface area (Å²) in [6.07, 6.45) is 0.252. The number of hydrogen-bond donors (Lipinski definition) is 1. The number of rotatable bonds is 5. The normalized spacial score (nSPS) is 17.2. The van der Waals surface area contributed by atoms with Crippen LogP contribution in [0.15, 0.2) is 30.3 Å². The van der Waals surface area contributed by atoms with Crippen molar-refractivity contribution in [2.75, 3.05) is 11.4 Å². The molecular formula is C20H26N4O2. The summed E-state index contributed by atoms with van der Waals surface area (Å²) in [4.78, 5) is 26.6. The first-order valence-electron chi connectivity index (χ1n) is 9.02. The van der Waals surface area contributed by atoms with Crippen LogP contribution in [0.2, 0.25) is 0 Å². The van der Waals surface area contributed by atoms with Gasteiger partial charge in [-0.1, -0.05) is 26.0 Å². The van der Waals surface area contributed by atoms with E-state index < -0.39 is 0 Å². The van der Waals surface area contributed by atoms with Gasteiger partial charge in [0.25, 0.3) is 0 Å². The van der Waals surface area contributed by atoms with Gasteiger partial charge in [0.05, 0.1) is 23.9 Å². The van der Waals surface area contributed by atoms with E-state index in [2.05, 4.69) is 24.3 Å². The molecule has 1 N–H and O–H groups in total. The van der Waals surface area contributed by atoms with E-state index in [0.29, 0.717) is 19.0 Å². The summed E-state index contributed by atoms with van der Waals surface area (Å²) in [7, 11) is 1.86. The highest BCUT2D eigenvalue weighted by Crippen LogP contribution is 2.27. The number of aromatic nitrogens is 2. The first-order valence-corrected chi connectivity index (χ1v) is 9.02. The van der Waals surface area contributed by atoms with Gasteiger partial charge in [-0.2, -0.15) is 5.10 Å². The molecule has 0 unspecified atom stereocenters. The van der Waals surface area contributed by atoms with Crippen LogP contribution in [0.3, 0.4) is 0 Å². The summed E-state index contributed by atoms with van der Waals surface area (Å²) in [5, 5.41) is 7.21. The molecule has 2 amide bonds. The third kappa shape index (κ3) is 3.79. The molecule has 6 heteroatoms. The fourth-order valence-corrected chi connectivity index (χ4v) is 3.32. The van der Waals surface area contributed by atoms with Crippen LogP contribution in [0.1, 0.15) is 43.1 Å². The second kappa shape index (κ2) is 7.32.